The number of carbonyl (C=O) groups is 2. The lowest BCUT2D eigenvalue weighted by Gasteiger charge is -2.11. The van der Waals surface area contributed by atoms with E-state index in [9.17, 15) is 9.59 Å². The number of carbonyl (C=O) groups excluding carboxylic acids is 2. The van der Waals surface area contributed by atoms with E-state index in [-0.39, 0.29) is 12.6 Å². The highest BCUT2D eigenvalue weighted by Gasteiger charge is 2.26. The van der Waals surface area contributed by atoms with Crippen molar-refractivity contribution in [2.24, 2.45) is 5.10 Å². The summed E-state index contributed by atoms with van der Waals surface area (Å²) in [6.07, 6.45) is 3.21. The van der Waals surface area contributed by atoms with Gasteiger partial charge in [-0.2, -0.15) is 5.10 Å². The number of rotatable bonds is 6. The van der Waals surface area contributed by atoms with Crippen LogP contribution in [0.25, 0.3) is 0 Å². The van der Waals surface area contributed by atoms with E-state index >= 15 is 0 Å². The molecule has 0 bridgehead atoms. The second-order valence-electron chi connectivity index (χ2n) is 6.15. The molecule has 9 heteroatoms. The van der Waals surface area contributed by atoms with Gasteiger partial charge in [0, 0.05) is 31.7 Å². The van der Waals surface area contributed by atoms with E-state index in [0.29, 0.717) is 21.4 Å². The van der Waals surface area contributed by atoms with Crippen LogP contribution in [-0.2, 0) is 16.2 Å². The van der Waals surface area contributed by atoms with Gasteiger partial charge in [0.2, 0.25) is 0 Å². The molecule has 0 aliphatic heterocycles. The van der Waals surface area contributed by atoms with Crippen LogP contribution in [0.2, 0.25) is 10.0 Å². The van der Waals surface area contributed by atoms with Gasteiger partial charge in [0.15, 0.2) is 0 Å². The Morgan fingerprint density at radius 3 is 2.68 bits per heavy atom. The number of hydrogen-bond acceptors (Lipinski definition) is 4. The first-order valence-corrected chi connectivity index (χ1v) is 9.97. The van der Waals surface area contributed by atoms with Crippen molar-refractivity contribution in [1.29, 1.82) is 0 Å². The molecule has 0 spiro atoms. The number of hydrogen-bond donors (Lipinski definition) is 2. The van der Waals surface area contributed by atoms with E-state index in [1.54, 1.807) is 30.3 Å². The maximum atomic E-state index is 11.7. The van der Waals surface area contributed by atoms with Crippen molar-refractivity contribution < 1.29 is 14.3 Å². The molecule has 2 N–H and O–H groups in total. The van der Waals surface area contributed by atoms with E-state index in [1.165, 1.54) is 6.21 Å². The largest absolute Gasteiger partial charge is 0.488 e. The van der Waals surface area contributed by atoms with E-state index in [1.807, 2.05) is 6.07 Å². The first-order chi connectivity index (χ1) is 13.4. The standard InChI is InChI=1S/C19H16BrCl2N3O3/c20-13-2-6-17(28-10-11-1-3-14(21)8-16(11)22)12(7-13)9-23-25-19(27)18(26)24-15-4-5-15/h1-3,6-9,15H,4-5,10H2,(H,24,26)(H,25,27)/b23-9-. The van der Waals surface area contributed by atoms with Crippen LogP contribution < -0.4 is 15.5 Å². The summed E-state index contributed by atoms with van der Waals surface area (Å²) in [5, 5.41) is 7.49. The lowest BCUT2D eigenvalue weighted by Crippen LogP contribution is -2.38. The van der Waals surface area contributed by atoms with Crippen molar-refractivity contribution in [2.45, 2.75) is 25.5 Å². The average molecular weight is 485 g/mol. The van der Waals surface area contributed by atoms with Gasteiger partial charge in [-0.05, 0) is 43.2 Å². The number of hydrazone groups is 1. The summed E-state index contributed by atoms with van der Waals surface area (Å²) in [4.78, 5) is 23.3. The van der Waals surface area contributed by atoms with Crippen molar-refractivity contribution in [3.8, 4) is 5.75 Å². The zero-order valence-corrected chi connectivity index (χ0v) is 17.6. The highest BCUT2D eigenvalue weighted by molar-refractivity contribution is 9.10. The molecule has 3 rings (SSSR count). The number of nitrogens with zero attached hydrogens (tertiary/aromatic N) is 1. The van der Waals surface area contributed by atoms with Gasteiger partial charge in [0.25, 0.3) is 0 Å². The minimum atomic E-state index is -0.812. The fraction of sp³-hybridized carbons (Fsp3) is 0.211. The van der Waals surface area contributed by atoms with Crippen LogP contribution >= 0.6 is 39.1 Å². The van der Waals surface area contributed by atoms with E-state index in [4.69, 9.17) is 27.9 Å². The maximum absolute atomic E-state index is 11.7. The lowest BCUT2D eigenvalue weighted by molar-refractivity contribution is -0.139. The Kier molecular flexibility index (Phi) is 6.93. The molecular weight excluding hydrogens is 469 g/mol. The lowest BCUT2D eigenvalue weighted by atomic mass is 10.2. The Morgan fingerprint density at radius 2 is 1.96 bits per heavy atom. The summed E-state index contributed by atoms with van der Waals surface area (Å²) >= 11 is 15.5. The second kappa shape index (κ2) is 9.41. The number of nitrogens with one attached hydrogen (secondary N) is 2. The molecule has 1 aliphatic carbocycles. The molecule has 1 aliphatic rings. The van der Waals surface area contributed by atoms with Gasteiger partial charge in [0.1, 0.15) is 12.4 Å². The van der Waals surface area contributed by atoms with Crippen LogP contribution in [-0.4, -0.2) is 24.1 Å². The monoisotopic (exact) mass is 483 g/mol. The van der Waals surface area contributed by atoms with Crippen LogP contribution in [0.4, 0.5) is 0 Å². The topological polar surface area (TPSA) is 79.8 Å². The van der Waals surface area contributed by atoms with Gasteiger partial charge in [-0.15, -0.1) is 0 Å². The SMILES string of the molecule is O=C(N/N=C\c1cc(Br)ccc1OCc1ccc(Cl)cc1Cl)C(=O)NC1CC1. The molecule has 1 fully saturated rings. The predicted molar refractivity (Wildman–Crippen MR) is 112 cm³/mol. The smallest absolute Gasteiger partial charge is 0.329 e. The van der Waals surface area contributed by atoms with Crippen LogP contribution in [0.5, 0.6) is 5.75 Å². The summed E-state index contributed by atoms with van der Waals surface area (Å²) < 4.78 is 6.64. The summed E-state index contributed by atoms with van der Waals surface area (Å²) in [7, 11) is 0. The number of ether oxygens (including phenoxy) is 1. The van der Waals surface area contributed by atoms with E-state index in [2.05, 4.69) is 31.8 Å². The first kappa shape index (κ1) is 20.6. The highest BCUT2D eigenvalue weighted by Crippen LogP contribution is 2.26. The molecule has 0 aromatic heterocycles. The van der Waals surface area contributed by atoms with Crippen LogP contribution in [0, 0.1) is 0 Å². The summed E-state index contributed by atoms with van der Waals surface area (Å²) in [5.41, 5.74) is 3.60. The van der Waals surface area contributed by atoms with Crippen molar-refractivity contribution in [1.82, 2.24) is 10.7 Å². The molecule has 0 heterocycles. The van der Waals surface area contributed by atoms with Gasteiger partial charge in [-0.25, -0.2) is 5.43 Å². The molecule has 1 saturated carbocycles. The third-order valence-electron chi connectivity index (χ3n) is 3.86. The van der Waals surface area contributed by atoms with Gasteiger partial charge in [-0.3, -0.25) is 9.59 Å². The number of amides is 2. The molecule has 2 aromatic rings. The minimum Gasteiger partial charge on any atom is -0.488 e. The molecule has 0 unspecified atom stereocenters. The number of halogens is 3. The van der Waals surface area contributed by atoms with Crippen LogP contribution in [0.3, 0.4) is 0 Å². The zero-order chi connectivity index (χ0) is 20.1. The predicted octanol–water partition coefficient (Wildman–Crippen LogP) is 4.06. The minimum absolute atomic E-state index is 0.104. The Labute approximate surface area is 180 Å². The summed E-state index contributed by atoms with van der Waals surface area (Å²) in [5.74, 6) is -0.967. The van der Waals surface area contributed by atoms with E-state index in [0.717, 1.165) is 22.9 Å². The maximum Gasteiger partial charge on any atom is 0.329 e. The summed E-state index contributed by atoms with van der Waals surface area (Å²) in [6, 6.07) is 10.6. The molecule has 146 valence electrons. The molecule has 28 heavy (non-hydrogen) atoms. The Hall–Kier alpha value is -2.09. The van der Waals surface area contributed by atoms with Crippen LogP contribution in [0.15, 0.2) is 46.0 Å². The fourth-order valence-electron chi connectivity index (χ4n) is 2.24. The first-order valence-electron chi connectivity index (χ1n) is 8.42. The highest BCUT2D eigenvalue weighted by atomic mass is 79.9. The average Bonchev–Trinajstić information content (AvgIpc) is 3.46. The Morgan fingerprint density at radius 1 is 1.18 bits per heavy atom. The molecular formula is C19H16BrCl2N3O3. The van der Waals surface area contributed by atoms with Crippen molar-refractivity contribution in [3.63, 3.8) is 0 Å². The van der Waals surface area contributed by atoms with Crippen molar-refractivity contribution in [3.05, 3.63) is 62.0 Å². The second-order valence-corrected chi connectivity index (χ2v) is 7.91. The summed E-state index contributed by atoms with van der Waals surface area (Å²) in [6.45, 7) is 0.231. The molecule has 0 saturated heterocycles. The van der Waals surface area contributed by atoms with Gasteiger partial charge >= 0.3 is 11.8 Å². The Balaban J connectivity index is 1.64. The van der Waals surface area contributed by atoms with E-state index < -0.39 is 11.8 Å². The van der Waals surface area contributed by atoms with Gasteiger partial charge < -0.3 is 10.1 Å². The molecule has 2 amide bonds. The fourth-order valence-corrected chi connectivity index (χ4v) is 3.08. The van der Waals surface area contributed by atoms with Gasteiger partial charge in [-0.1, -0.05) is 45.2 Å². The van der Waals surface area contributed by atoms with Crippen LogP contribution in [0.1, 0.15) is 24.0 Å². The normalized spacial score (nSPS) is 13.4. The number of benzene rings is 2. The van der Waals surface area contributed by atoms with Crippen molar-refractivity contribution >= 4 is 57.2 Å². The molecule has 2 aromatic carbocycles. The molecule has 6 nitrogen and oxygen atoms in total. The molecule has 0 atom stereocenters. The molecule has 0 radical (unpaired) electrons. The van der Waals surface area contributed by atoms with Crippen molar-refractivity contribution in [2.75, 3.05) is 0 Å². The van der Waals surface area contributed by atoms with Gasteiger partial charge in [0.05, 0.1) is 6.21 Å². The third kappa shape index (κ3) is 5.95. The Bertz CT molecular complexity index is 933. The quantitative estimate of drug-likeness (QED) is 0.368. The zero-order valence-electron chi connectivity index (χ0n) is 14.5. The third-order valence-corrected chi connectivity index (χ3v) is 4.94.